The first-order valence-electron chi connectivity index (χ1n) is 13.9. The highest BCUT2D eigenvalue weighted by Crippen LogP contribution is 2.31. The van der Waals surface area contributed by atoms with Gasteiger partial charge in [0.05, 0.1) is 11.9 Å². The molecule has 1 aliphatic rings. The molecule has 0 aliphatic carbocycles. The van der Waals surface area contributed by atoms with Crippen molar-refractivity contribution in [3.8, 4) is 28.1 Å². The lowest BCUT2D eigenvalue weighted by Crippen LogP contribution is -2.48. The molecule has 7 rings (SSSR count). The Hall–Kier alpha value is -4.68. The summed E-state index contributed by atoms with van der Waals surface area (Å²) in [5, 5.41) is 7.19. The number of nitrogens with zero attached hydrogens (tertiary/aromatic N) is 5. The van der Waals surface area contributed by atoms with E-state index in [9.17, 15) is 0 Å². The molecular weight excluding hydrogens is 494 g/mol. The lowest BCUT2D eigenvalue weighted by Gasteiger charge is -2.36. The maximum Gasteiger partial charge on any atom is 0.165 e. The first kappa shape index (κ1) is 24.4. The first-order chi connectivity index (χ1) is 19.8. The van der Waals surface area contributed by atoms with Crippen molar-refractivity contribution in [2.75, 3.05) is 44.2 Å². The van der Waals surface area contributed by atoms with Crippen LogP contribution in [-0.4, -0.2) is 58.8 Å². The summed E-state index contributed by atoms with van der Waals surface area (Å²) in [6, 6.07) is 37.6. The minimum absolute atomic E-state index is 0.672. The Labute approximate surface area is 234 Å². The van der Waals surface area contributed by atoms with Crippen molar-refractivity contribution in [2.45, 2.75) is 0 Å². The molecule has 0 unspecified atom stereocenters. The van der Waals surface area contributed by atoms with Gasteiger partial charge >= 0.3 is 0 Å². The van der Waals surface area contributed by atoms with E-state index in [1.54, 1.807) is 0 Å². The molecule has 0 radical (unpaired) electrons. The number of aromatic nitrogens is 3. The Bertz CT molecular complexity index is 1740. The van der Waals surface area contributed by atoms with Crippen LogP contribution in [0.25, 0.3) is 38.8 Å². The van der Waals surface area contributed by atoms with Gasteiger partial charge < -0.3 is 9.64 Å². The van der Waals surface area contributed by atoms with E-state index in [0.717, 1.165) is 72.3 Å². The standard InChI is InChI=1S/C34H31N5O/c1-3-10-27(11-4-1)30-25-35-39-33(24-31(36-34(30)39)28-13-5-2-6-14-28)38-20-18-37(19-21-38)22-23-40-32-17-9-15-26-12-7-8-16-29(26)32/h1-17,24-25H,18-23H2. The fourth-order valence-electron chi connectivity index (χ4n) is 5.56. The minimum atomic E-state index is 0.672. The van der Waals surface area contributed by atoms with Gasteiger partial charge in [0.1, 0.15) is 18.2 Å². The van der Waals surface area contributed by atoms with Crippen molar-refractivity contribution < 1.29 is 4.74 Å². The van der Waals surface area contributed by atoms with E-state index in [4.69, 9.17) is 14.8 Å². The molecule has 40 heavy (non-hydrogen) atoms. The second-order valence-corrected chi connectivity index (χ2v) is 10.2. The van der Waals surface area contributed by atoms with Gasteiger partial charge in [0, 0.05) is 55.3 Å². The molecular formula is C34H31N5O. The average molecular weight is 526 g/mol. The largest absolute Gasteiger partial charge is 0.492 e. The monoisotopic (exact) mass is 525 g/mol. The van der Waals surface area contributed by atoms with E-state index in [1.807, 2.05) is 22.8 Å². The summed E-state index contributed by atoms with van der Waals surface area (Å²) in [7, 11) is 0. The van der Waals surface area contributed by atoms with Crippen LogP contribution in [-0.2, 0) is 0 Å². The van der Waals surface area contributed by atoms with Crippen LogP contribution in [0.4, 0.5) is 5.82 Å². The van der Waals surface area contributed by atoms with Crippen molar-refractivity contribution >= 4 is 22.2 Å². The van der Waals surface area contributed by atoms with E-state index in [2.05, 4.69) is 107 Å². The van der Waals surface area contributed by atoms with Crippen LogP contribution in [0.2, 0.25) is 0 Å². The molecule has 0 spiro atoms. The Kier molecular flexibility index (Phi) is 6.60. The second kappa shape index (κ2) is 10.8. The molecule has 4 aromatic carbocycles. The Balaban J connectivity index is 1.10. The summed E-state index contributed by atoms with van der Waals surface area (Å²) >= 11 is 0. The number of ether oxygens (including phenoxy) is 1. The predicted octanol–water partition coefficient (Wildman–Crippen LogP) is 6.42. The van der Waals surface area contributed by atoms with E-state index in [-0.39, 0.29) is 0 Å². The summed E-state index contributed by atoms with van der Waals surface area (Å²) in [5.41, 5.74) is 5.12. The highest BCUT2D eigenvalue weighted by molar-refractivity contribution is 5.88. The Morgan fingerprint density at radius 2 is 1.40 bits per heavy atom. The fraction of sp³-hybridized carbons (Fsp3) is 0.176. The SMILES string of the molecule is c1ccc(-c2cc(N3CCN(CCOc4cccc5ccccc45)CC3)n3ncc(-c4ccccc4)c3n2)cc1. The van der Waals surface area contributed by atoms with E-state index in [0.29, 0.717) is 6.61 Å². The van der Waals surface area contributed by atoms with Gasteiger partial charge in [0.15, 0.2) is 5.65 Å². The molecule has 1 fully saturated rings. The molecule has 0 N–H and O–H groups in total. The lowest BCUT2D eigenvalue weighted by atomic mass is 10.1. The normalized spacial score (nSPS) is 14.2. The van der Waals surface area contributed by atoms with E-state index in [1.165, 1.54) is 10.8 Å². The Morgan fingerprint density at radius 3 is 2.20 bits per heavy atom. The van der Waals surface area contributed by atoms with E-state index < -0.39 is 0 Å². The zero-order valence-electron chi connectivity index (χ0n) is 22.4. The van der Waals surface area contributed by atoms with Crippen molar-refractivity contribution in [1.29, 1.82) is 0 Å². The van der Waals surface area contributed by atoms with Crippen LogP contribution in [0.15, 0.2) is 115 Å². The molecule has 6 nitrogen and oxygen atoms in total. The molecule has 3 heterocycles. The minimum Gasteiger partial charge on any atom is -0.492 e. The molecule has 2 aromatic heterocycles. The van der Waals surface area contributed by atoms with Crippen molar-refractivity contribution in [3.05, 3.63) is 115 Å². The van der Waals surface area contributed by atoms with Crippen LogP contribution in [0.1, 0.15) is 0 Å². The highest BCUT2D eigenvalue weighted by Gasteiger charge is 2.22. The number of piperazine rings is 1. The number of hydrogen-bond donors (Lipinski definition) is 0. The van der Waals surface area contributed by atoms with Gasteiger partial charge in [-0.15, -0.1) is 0 Å². The highest BCUT2D eigenvalue weighted by atomic mass is 16.5. The van der Waals surface area contributed by atoms with Gasteiger partial charge in [0.25, 0.3) is 0 Å². The van der Waals surface area contributed by atoms with Crippen LogP contribution >= 0.6 is 0 Å². The summed E-state index contributed by atoms with van der Waals surface area (Å²) in [6.07, 6.45) is 1.94. The molecule has 1 aliphatic heterocycles. The second-order valence-electron chi connectivity index (χ2n) is 10.2. The van der Waals surface area contributed by atoms with Gasteiger partial charge in [-0.1, -0.05) is 97.1 Å². The molecule has 6 heteroatoms. The number of benzene rings is 4. The summed E-state index contributed by atoms with van der Waals surface area (Å²) in [4.78, 5) is 10.0. The predicted molar refractivity (Wildman–Crippen MR) is 162 cm³/mol. The average Bonchev–Trinajstić information content (AvgIpc) is 3.46. The van der Waals surface area contributed by atoms with Crippen LogP contribution in [0.5, 0.6) is 5.75 Å². The number of hydrogen-bond acceptors (Lipinski definition) is 5. The third kappa shape index (κ3) is 4.78. The smallest absolute Gasteiger partial charge is 0.165 e. The van der Waals surface area contributed by atoms with Crippen LogP contribution < -0.4 is 9.64 Å². The third-order valence-electron chi connectivity index (χ3n) is 7.72. The Morgan fingerprint density at radius 1 is 0.700 bits per heavy atom. The first-order valence-corrected chi connectivity index (χ1v) is 13.9. The van der Waals surface area contributed by atoms with Gasteiger partial charge in [-0.3, -0.25) is 4.90 Å². The van der Waals surface area contributed by atoms with Crippen molar-refractivity contribution in [1.82, 2.24) is 19.5 Å². The number of fused-ring (bicyclic) bond motifs is 2. The summed E-state index contributed by atoms with van der Waals surface area (Å²) < 4.78 is 8.23. The van der Waals surface area contributed by atoms with Crippen molar-refractivity contribution in [3.63, 3.8) is 0 Å². The zero-order chi connectivity index (χ0) is 26.7. The topological polar surface area (TPSA) is 45.9 Å². The molecule has 1 saturated heterocycles. The van der Waals surface area contributed by atoms with Gasteiger partial charge in [-0.25, -0.2) is 4.98 Å². The quantitative estimate of drug-likeness (QED) is 0.241. The van der Waals surface area contributed by atoms with Crippen molar-refractivity contribution in [2.24, 2.45) is 0 Å². The maximum atomic E-state index is 6.22. The molecule has 0 amide bonds. The van der Waals surface area contributed by atoms with E-state index >= 15 is 0 Å². The van der Waals surface area contributed by atoms with Crippen LogP contribution in [0, 0.1) is 0 Å². The van der Waals surface area contributed by atoms with Crippen LogP contribution in [0.3, 0.4) is 0 Å². The number of rotatable bonds is 7. The molecule has 0 saturated carbocycles. The van der Waals surface area contributed by atoms with Gasteiger partial charge in [-0.2, -0.15) is 9.61 Å². The molecule has 0 bridgehead atoms. The summed E-state index contributed by atoms with van der Waals surface area (Å²) in [5.74, 6) is 2.04. The molecule has 0 atom stereocenters. The zero-order valence-corrected chi connectivity index (χ0v) is 22.4. The molecule has 6 aromatic rings. The molecule has 198 valence electrons. The van der Waals surface area contributed by atoms with Gasteiger partial charge in [-0.05, 0) is 17.0 Å². The maximum absolute atomic E-state index is 6.22. The lowest BCUT2D eigenvalue weighted by molar-refractivity contribution is 0.201. The van der Waals surface area contributed by atoms with Gasteiger partial charge in [0.2, 0.25) is 0 Å². The fourth-order valence-corrected chi connectivity index (χ4v) is 5.56. The summed E-state index contributed by atoms with van der Waals surface area (Å²) in [6.45, 7) is 5.35. The third-order valence-corrected chi connectivity index (χ3v) is 7.72. The number of anilines is 1.